The van der Waals surface area contributed by atoms with E-state index in [2.05, 4.69) is 10.1 Å². The van der Waals surface area contributed by atoms with Gasteiger partial charge in [-0.2, -0.15) is 9.29 Å². The zero-order valence-corrected chi connectivity index (χ0v) is 17.0. The monoisotopic (exact) mass is 425 g/mol. The minimum atomic E-state index is -3.75. The topological polar surface area (TPSA) is 76.3 Å². The van der Waals surface area contributed by atoms with Crippen LogP contribution in [0.25, 0.3) is 11.4 Å². The largest absolute Gasteiger partial charge is 0.338 e. The average Bonchev–Trinajstić information content (AvgIpc) is 3.09. The van der Waals surface area contributed by atoms with Gasteiger partial charge in [-0.3, -0.25) is 0 Å². The van der Waals surface area contributed by atoms with Gasteiger partial charge in [0, 0.05) is 21.7 Å². The van der Waals surface area contributed by atoms with E-state index in [0.29, 0.717) is 15.9 Å². The Morgan fingerprint density at radius 1 is 1.00 bits per heavy atom. The Kier molecular flexibility index (Phi) is 5.86. The van der Waals surface area contributed by atoms with E-state index in [4.69, 9.17) is 27.7 Å². The highest BCUT2D eigenvalue weighted by Gasteiger charge is 2.29. The second-order valence-electron chi connectivity index (χ2n) is 6.12. The van der Waals surface area contributed by atoms with E-state index < -0.39 is 10.0 Å². The van der Waals surface area contributed by atoms with Crippen LogP contribution in [0.5, 0.6) is 0 Å². The molecule has 6 nitrogen and oxygen atoms in total. The van der Waals surface area contributed by atoms with Gasteiger partial charge in [0.25, 0.3) is 0 Å². The molecule has 3 aromatic rings. The molecule has 3 rings (SSSR count). The molecule has 9 heteroatoms. The highest BCUT2D eigenvalue weighted by molar-refractivity contribution is 7.89. The maximum Gasteiger partial charge on any atom is 0.243 e. The summed E-state index contributed by atoms with van der Waals surface area (Å²) in [6, 6.07) is 12.7. The molecule has 0 saturated heterocycles. The maximum absolute atomic E-state index is 13.0. The van der Waals surface area contributed by atoms with Crippen LogP contribution >= 0.6 is 23.2 Å². The van der Waals surface area contributed by atoms with Crippen LogP contribution in [0.3, 0.4) is 0 Å². The number of rotatable bonds is 6. The molecule has 2 aromatic carbocycles. The van der Waals surface area contributed by atoms with Crippen molar-refractivity contribution in [2.75, 3.05) is 0 Å². The molecule has 0 atom stereocenters. The lowest BCUT2D eigenvalue weighted by Gasteiger charge is -2.24. The molecule has 0 spiro atoms. The predicted octanol–water partition coefficient (Wildman–Crippen LogP) is 4.64. The molecule has 0 aliphatic heterocycles. The van der Waals surface area contributed by atoms with Crippen molar-refractivity contribution in [1.82, 2.24) is 14.4 Å². The Labute approximate surface area is 167 Å². The van der Waals surface area contributed by atoms with Gasteiger partial charge in [-0.05, 0) is 62.4 Å². The van der Waals surface area contributed by atoms with Crippen LogP contribution in [-0.2, 0) is 16.6 Å². The van der Waals surface area contributed by atoms with Crippen molar-refractivity contribution in [2.45, 2.75) is 31.3 Å². The van der Waals surface area contributed by atoms with Crippen molar-refractivity contribution in [3.63, 3.8) is 0 Å². The fourth-order valence-corrected chi connectivity index (χ4v) is 4.29. The molecule has 0 fully saturated rings. The average molecular weight is 426 g/mol. The van der Waals surface area contributed by atoms with E-state index >= 15 is 0 Å². The molecule has 142 valence electrons. The zero-order valence-electron chi connectivity index (χ0n) is 14.6. The van der Waals surface area contributed by atoms with Crippen LogP contribution < -0.4 is 0 Å². The molecule has 1 aromatic heterocycles. The number of benzene rings is 2. The molecule has 0 aliphatic carbocycles. The maximum atomic E-state index is 13.0. The van der Waals surface area contributed by atoms with Crippen molar-refractivity contribution in [1.29, 1.82) is 0 Å². The third kappa shape index (κ3) is 4.50. The van der Waals surface area contributed by atoms with E-state index in [-0.39, 0.29) is 23.4 Å². The molecular formula is C18H17Cl2N3O3S. The number of hydrogen-bond donors (Lipinski definition) is 0. The zero-order chi connectivity index (χ0) is 19.6. The van der Waals surface area contributed by atoms with Crippen LogP contribution in [0.15, 0.2) is 57.9 Å². The SMILES string of the molecule is CC(C)N(Cc1nc(-c2ccc(Cl)cc2)no1)S(=O)(=O)c1ccc(Cl)cc1. The predicted molar refractivity (Wildman–Crippen MR) is 104 cm³/mol. The van der Waals surface area contributed by atoms with Crippen LogP contribution in [-0.4, -0.2) is 28.9 Å². The van der Waals surface area contributed by atoms with Gasteiger partial charge < -0.3 is 4.52 Å². The molecule has 0 aliphatic rings. The molecule has 0 unspecified atom stereocenters. The summed E-state index contributed by atoms with van der Waals surface area (Å²) >= 11 is 11.7. The highest BCUT2D eigenvalue weighted by Crippen LogP contribution is 2.24. The molecule has 27 heavy (non-hydrogen) atoms. The Balaban J connectivity index is 1.87. The van der Waals surface area contributed by atoms with Gasteiger partial charge in [0.05, 0.1) is 11.4 Å². The summed E-state index contributed by atoms with van der Waals surface area (Å²) < 4.78 is 32.5. The fraction of sp³-hybridized carbons (Fsp3) is 0.222. The normalized spacial score (nSPS) is 12.1. The summed E-state index contributed by atoms with van der Waals surface area (Å²) in [7, 11) is -3.75. The summed E-state index contributed by atoms with van der Waals surface area (Å²) in [6.07, 6.45) is 0. The summed E-state index contributed by atoms with van der Waals surface area (Å²) in [5.74, 6) is 0.570. The molecule has 0 saturated carbocycles. The number of aromatic nitrogens is 2. The molecular weight excluding hydrogens is 409 g/mol. The lowest BCUT2D eigenvalue weighted by Crippen LogP contribution is -2.36. The number of hydrogen-bond acceptors (Lipinski definition) is 5. The van der Waals surface area contributed by atoms with Gasteiger partial charge in [-0.15, -0.1) is 0 Å². The van der Waals surface area contributed by atoms with Crippen molar-refractivity contribution in [3.05, 3.63) is 64.5 Å². The van der Waals surface area contributed by atoms with E-state index in [9.17, 15) is 8.42 Å². The van der Waals surface area contributed by atoms with Gasteiger partial charge in [-0.25, -0.2) is 8.42 Å². The van der Waals surface area contributed by atoms with Crippen LogP contribution in [0.2, 0.25) is 10.0 Å². The number of halogens is 2. The second kappa shape index (κ2) is 7.98. The van der Waals surface area contributed by atoms with Crippen molar-refractivity contribution >= 4 is 33.2 Å². The summed E-state index contributed by atoms with van der Waals surface area (Å²) in [4.78, 5) is 4.46. The van der Waals surface area contributed by atoms with Crippen molar-refractivity contribution in [3.8, 4) is 11.4 Å². The van der Waals surface area contributed by atoms with E-state index in [1.807, 2.05) is 0 Å². The molecule has 0 bridgehead atoms. The van der Waals surface area contributed by atoms with Gasteiger partial charge in [-0.1, -0.05) is 28.4 Å². The second-order valence-corrected chi connectivity index (χ2v) is 8.88. The summed E-state index contributed by atoms with van der Waals surface area (Å²) in [5.41, 5.74) is 0.728. The standard InChI is InChI=1S/C18H17Cl2N3O3S/c1-12(2)23(27(24,25)16-9-7-15(20)8-10-16)11-17-21-18(22-26-17)13-3-5-14(19)6-4-13/h3-10,12H,11H2,1-2H3. The van der Waals surface area contributed by atoms with Crippen LogP contribution in [0.1, 0.15) is 19.7 Å². The molecule has 0 radical (unpaired) electrons. The van der Waals surface area contributed by atoms with Crippen molar-refractivity contribution < 1.29 is 12.9 Å². The van der Waals surface area contributed by atoms with Gasteiger partial charge in [0.15, 0.2) is 0 Å². The van der Waals surface area contributed by atoms with Gasteiger partial charge in [0.1, 0.15) is 0 Å². The van der Waals surface area contributed by atoms with Crippen molar-refractivity contribution in [2.24, 2.45) is 0 Å². The fourth-order valence-electron chi connectivity index (χ4n) is 2.46. The number of sulfonamides is 1. The Morgan fingerprint density at radius 3 is 2.11 bits per heavy atom. The smallest absolute Gasteiger partial charge is 0.243 e. The third-order valence-electron chi connectivity index (χ3n) is 3.86. The Morgan fingerprint density at radius 2 is 1.56 bits per heavy atom. The first-order chi connectivity index (χ1) is 12.8. The first kappa shape index (κ1) is 19.8. The van der Waals surface area contributed by atoms with Crippen LogP contribution in [0, 0.1) is 0 Å². The van der Waals surface area contributed by atoms with E-state index in [1.165, 1.54) is 28.6 Å². The lowest BCUT2D eigenvalue weighted by atomic mass is 10.2. The highest BCUT2D eigenvalue weighted by atomic mass is 35.5. The first-order valence-electron chi connectivity index (χ1n) is 8.13. The molecule has 0 N–H and O–H groups in total. The summed E-state index contributed by atoms with van der Waals surface area (Å²) in [6.45, 7) is 3.52. The Bertz CT molecular complexity index is 1020. The van der Waals surface area contributed by atoms with Gasteiger partial charge >= 0.3 is 0 Å². The third-order valence-corrected chi connectivity index (χ3v) is 6.40. The molecule has 1 heterocycles. The summed E-state index contributed by atoms with van der Waals surface area (Å²) in [5, 5.41) is 4.99. The molecule has 0 amide bonds. The Hall–Kier alpha value is -1.93. The lowest BCUT2D eigenvalue weighted by molar-refractivity contribution is 0.286. The van der Waals surface area contributed by atoms with E-state index in [0.717, 1.165) is 5.56 Å². The van der Waals surface area contributed by atoms with E-state index in [1.54, 1.807) is 38.1 Å². The number of nitrogens with zero attached hydrogens (tertiary/aromatic N) is 3. The van der Waals surface area contributed by atoms with Gasteiger partial charge in [0.2, 0.25) is 21.7 Å². The van der Waals surface area contributed by atoms with Crippen LogP contribution in [0.4, 0.5) is 0 Å². The minimum absolute atomic E-state index is 0.0385. The first-order valence-corrected chi connectivity index (χ1v) is 10.3. The minimum Gasteiger partial charge on any atom is -0.338 e. The quantitative estimate of drug-likeness (QED) is 0.574.